The van der Waals surface area contributed by atoms with Gasteiger partial charge in [-0.25, -0.2) is 0 Å². The fourth-order valence-corrected chi connectivity index (χ4v) is 2.41. The molecule has 0 spiro atoms. The maximum absolute atomic E-state index is 11.9. The van der Waals surface area contributed by atoms with Crippen molar-refractivity contribution in [3.8, 4) is 5.75 Å². The molecule has 148 valence electrons. The van der Waals surface area contributed by atoms with Crippen LogP contribution in [-0.4, -0.2) is 44.6 Å². The van der Waals surface area contributed by atoms with Gasteiger partial charge in [0.25, 0.3) is 11.8 Å². The van der Waals surface area contributed by atoms with Crippen molar-refractivity contribution in [2.24, 2.45) is 0 Å². The van der Waals surface area contributed by atoms with E-state index in [1.165, 1.54) is 12.7 Å². The summed E-state index contributed by atoms with van der Waals surface area (Å²) in [7, 11) is 1.53. The van der Waals surface area contributed by atoms with E-state index in [0.29, 0.717) is 17.9 Å². The zero-order valence-electron chi connectivity index (χ0n) is 15.8. The van der Waals surface area contributed by atoms with E-state index >= 15 is 0 Å². The van der Waals surface area contributed by atoms with Crippen LogP contribution in [0.5, 0.6) is 5.75 Å². The maximum atomic E-state index is 11.9. The van der Waals surface area contributed by atoms with E-state index in [-0.39, 0.29) is 19.1 Å². The molecule has 0 bridgehead atoms. The number of benzene rings is 2. The lowest BCUT2D eigenvalue weighted by Gasteiger charge is -2.08. The third kappa shape index (κ3) is 7.49. The minimum absolute atomic E-state index is 0.313. The summed E-state index contributed by atoms with van der Waals surface area (Å²) in [5.74, 6) is -0.833. The molecule has 0 saturated heterocycles. The Balaban J connectivity index is 1.58. The summed E-state index contributed by atoms with van der Waals surface area (Å²) in [4.78, 5) is 35.3. The van der Waals surface area contributed by atoms with Gasteiger partial charge in [0, 0.05) is 12.1 Å². The van der Waals surface area contributed by atoms with Crippen molar-refractivity contribution >= 4 is 17.8 Å². The molecule has 0 heterocycles. The van der Waals surface area contributed by atoms with Gasteiger partial charge in [0.1, 0.15) is 12.3 Å². The summed E-state index contributed by atoms with van der Waals surface area (Å²) in [6.07, 6.45) is 1.65. The Morgan fingerprint density at radius 1 is 0.929 bits per heavy atom. The van der Waals surface area contributed by atoms with Crippen LogP contribution in [0.1, 0.15) is 22.3 Å². The highest BCUT2D eigenvalue weighted by molar-refractivity contribution is 5.96. The number of ether oxygens (including phenoxy) is 2. The van der Waals surface area contributed by atoms with E-state index in [1.807, 2.05) is 30.3 Å². The molecule has 2 amide bonds. The van der Waals surface area contributed by atoms with E-state index in [1.54, 1.807) is 24.3 Å². The van der Waals surface area contributed by atoms with Crippen LogP contribution in [-0.2, 0) is 20.7 Å². The number of amides is 2. The molecule has 0 radical (unpaired) electrons. The molecule has 0 saturated carbocycles. The number of nitrogens with one attached hydrogen (secondary N) is 2. The number of carbonyl (C=O) groups excluding carboxylic acids is 3. The fourth-order valence-electron chi connectivity index (χ4n) is 2.41. The first-order valence-corrected chi connectivity index (χ1v) is 8.97. The standard InChI is InChI=1S/C21H24N2O5/c1-27-18-11-9-17(10-12-18)21(26)23-14-20(25)28-15-19(24)22-13-5-8-16-6-3-2-4-7-16/h2-4,6-7,9-12H,5,8,13-15H2,1H3,(H,22,24)(H,23,26). The van der Waals surface area contributed by atoms with Gasteiger partial charge in [0.2, 0.25) is 0 Å². The predicted octanol–water partition coefficient (Wildman–Crippen LogP) is 1.72. The summed E-state index contributed by atoms with van der Waals surface area (Å²) < 4.78 is 9.87. The summed E-state index contributed by atoms with van der Waals surface area (Å²) in [5.41, 5.74) is 1.60. The molecule has 7 heteroatoms. The van der Waals surface area contributed by atoms with Crippen LogP contribution in [0.25, 0.3) is 0 Å². The predicted molar refractivity (Wildman–Crippen MR) is 104 cm³/mol. The second kappa shape index (κ2) is 11.4. The van der Waals surface area contributed by atoms with Gasteiger partial charge in [-0.05, 0) is 42.7 Å². The molecule has 0 aromatic heterocycles. The lowest BCUT2D eigenvalue weighted by atomic mass is 10.1. The van der Waals surface area contributed by atoms with Gasteiger partial charge < -0.3 is 20.1 Å². The molecule has 0 aliphatic heterocycles. The maximum Gasteiger partial charge on any atom is 0.325 e. The van der Waals surface area contributed by atoms with Crippen LogP contribution >= 0.6 is 0 Å². The van der Waals surface area contributed by atoms with Gasteiger partial charge in [-0.3, -0.25) is 14.4 Å². The largest absolute Gasteiger partial charge is 0.497 e. The second-order valence-corrected chi connectivity index (χ2v) is 6.01. The highest BCUT2D eigenvalue weighted by Gasteiger charge is 2.10. The molecule has 7 nitrogen and oxygen atoms in total. The molecule has 0 fully saturated rings. The van der Waals surface area contributed by atoms with E-state index in [4.69, 9.17) is 9.47 Å². The third-order valence-corrected chi connectivity index (χ3v) is 3.92. The van der Waals surface area contributed by atoms with Crippen molar-refractivity contribution in [2.75, 3.05) is 26.8 Å². The zero-order chi connectivity index (χ0) is 20.2. The average Bonchev–Trinajstić information content (AvgIpc) is 2.74. The Morgan fingerprint density at radius 2 is 1.64 bits per heavy atom. The minimum Gasteiger partial charge on any atom is -0.497 e. The zero-order valence-corrected chi connectivity index (χ0v) is 15.8. The molecule has 0 aliphatic rings. The highest BCUT2D eigenvalue weighted by Crippen LogP contribution is 2.10. The van der Waals surface area contributed by atoms with E-state index in [0.717, 1.165) is 12.8 Å². The minimum atomic E-state index is -0.679. The van der Waals surface area contributed by atoms with Crippen LogP contribution in [0.3, 0.4) is 0 Å². The van der Waals surface area contributed by atoms with Crippen LogP contribution in [0.4, 0.5) is 0 Å². The van der Waals surface area contributed by atoms with Gasteiger partial charge in [-0.15, -0.1) is 0 Å². The first-order chi connectivity index (χ1) is 13.6. The van der Waals surface area contributed by atoms with Crippen LogP contribution in [0.2, 0.25) is 0 Å². The van der Waals surface area contributed by atoms with Crippen molar-refractivity contribution in [1.29, 1.82) is 0 Å². The van der Waals surface area contributed by atoms with Gasteiger partial charge in [-0.1, -0.05) is 30.3 Å². The SMILES string of the molecule is COc1ccc(C(=O)NCC(=O)OCC(=O)NCCCc2ccccc2)cc1. The summed E-state index contributed by atoms with van der Waals surface area (Å²) in [6, 6.07) is 16.4. The Labute approximate surface area is 164 Å². The molecular weight excluding hydrogens is 360 g/mol. The fraction of sp³-hybridized carbons (Fsp3) is 0.286. The first kappa shape index (κ1) is 21.0. The molecule has 2 rings (SSSR count). The normalized spacial score (nSPS) is 10.0. The van der Waals surface area contributed by atoms with Crippen LogP contribution in [0, 0.1) is 0 Å². The molecular formula is C21H24N2O5. The van der Waals surface area contributed by atoms with Crippen molar-refractivity contribution in [2.45, 2.75) is 12.8 Å². The third-order valence-electron chi connectivity index (χ3n) is 3.92. The van der Waals surface area contributed by atoms with Crippen molar-refractivity contribution in [3.05, 3.63) is 65.7 Å². The number of esters is 1. The number of carbonyl (C=O) groups is 3. The van der Waals surface area contributed by atoms with Gasteiger partial charge in [0.15, 0.2) is 6.61 Å². The number of hydrogen-bond acceptors (Lipinski definition) is 5. The first-order valence-electron chi connectivity index (χ1n) is 8.97. The molecule has 2 aromatic carbocycles. The van der Waals surface area contributed by atoms with Gasteiger partial charge in [0.05, 0.1) is 7.11 Å². The van der Waals surface area contributed by atoms with Gasteiger partial charge in [-0.2, -0.15) is 0 Å². The quantitative estimate of drug-likeness (QED) is 0.481. The Hall–Kier alpha value is -3.35. The summed E-state index contributed by atoms with van der Waals surface area (Å²) in [5, 5.41) is 5.14. The van der Waals surface area contributed by atoms with Crippen LogP contribution < -0.4 is 15.4 Å². The lowest BCUT2D eigenvalue weighted by molar-refractivity contribution is -0.147. The molecule has 2 aromatic rings. The Morgan fingerprint density at radius 3 is 2.32 bits per heavy atom. The average molecular weight is 384 g/mol. The Kier molecular flexibility index (Phi) is 8.52. The van der Waals surface area contributed by atoms with E-state index in [2.05, 4.69) is 10.6 Å². The molecule has 0 aliphatic carbocycles. The van der Waals surface area contributed by atoms with E-state index < -0.39 is 11.9 Å². The summed E-state index contributed by atoms with van der Waals surface area (Å²) >= 11 is 0. The number of methoxy groups -OCH3 is 1. The number of hydrogen-bond donors (Lipinski definition) is 2. The molecule has 28 heavy (non-hydrogen) atoms. The van der Waals surface area contributed by atoms with Crippen molar-refractivity contribution < 1.29 is 23.9 Å². The van der Waals surface area contributed by atoms with Crippen molar-refractivity contribution in [1.82, 2.24) is 10.6 Å². The molecule has 2 N–H and O–H groups in total. The second-order valence-electron chi connectivity index (χ2n) is 6.01. The van der Waals surface area contributed by atoms with Crippen LogP contribution in [0.15, 0.2) is 54.6 Å². The Bertz CT molecular complexity index is 775. The summed E-state index contributed by atoms with van der Waals surface area (Å²) in [6.45, 7) is -0.186. The molecule has 0 atom stereocenters. The van der Waals surface area contributed by atoms with Crippen molar-refractivity contribution in [3.63, 3.8) is 0 Å². The smallest absolute Gasteiger partial charge is 0.325 e. The molecule has 0 unspecified atom stereocenters. The van der Waals surface area contributed by atoms with Gasteiger partial charge >= 0.3 is 5.97 Å². The highest BCUT2D eigenvalue weighted by atomic mass is 16.5. The number of aryl methyl sites for hydroxylation is 1. The monoisotopic (exact) mass is 384 g/mol. The lowest BCUT2D eigenvalue weighted by Crippen LogP contribution is -2.34. The van der Waals surface area contributed by atoms with E-state index in [9.17, 15) is 14.4 Å². The number of rotatable bonds is 10. The topological polar surface area (TPSA) is 93.7 Å².